The monoisotopic (exact) mass is 380 g/mol. The maximum Gasteiger partial charge on any atom is 0.189 e. The van der Waals surface area contributed by atoms with Gasteiger partial charge in [-0.25, -0.2) is 4.99 Å². The van der Waals surface area contributed by atoms with Crippen LogP contribution in [0.25, 0.3) is 0 Å². The third-order valence-electron chi connectivity index (χ3n) is 2.94. The number of nitrogens with zero attached hydrogens (tertiary/aromatic N) is 2. The van der Waals surface area contributed by atoms with Crippen LogP contribution in [0.5, 0.6) is 0 Å². The fraction of sp³-hybridized carbons (Fsp3) is 0.692. The van der Waals surface area contributed by atoms with E-state index in [0.29, 0.717) is 18.4 Å². The lowest BCUT2D eigenvalue weighted by molar-refractivity contribution is 0.372. The summed E-state index contributed by atoms with van der Waals surface area (Å²) in [5, 5.41) is 7.11. The van der Waals surface area contributed by atoms with Gasteiger partial charge in [0.2, 0.25) is 0 Å². The maximum absolute atomic E-state index is 5.70. The van der Waals surface area contributed by atoms with E-state index in [2.05, 4.69) is 36.2 Å². The lowest BCUT2D eigenvalue weighted by Gasteiger charge is -2.05. The van der Waals surface area contributed by atoms with Gasteiger partial charge in [-0.15, -0.1) is 24.0 Å². The fourth-order valence-electron chi connectivity index (χ4n) is 1.77. The number of aliphatic imine (C=N–C) groups is 1. The fourth-order valence-corrected chi connectivity index (χ4v) is 1.77. The summed E-state index contributed by atoms with van der Waals surface area (Å²) in [5.74, 6) is 1.69. The topological polar surface area (TPSA) is 76.4 Å². The average molecular weight is 380 g/mol. The normalized spacial score (nSPS) is 11.5. The molecule has 0 aromatic carbocycles. The van der Waals surface area contributed by atoms with E-state index in [4.69, 9.17) is 10.3 Å². The Kier molecular flexibility index (Phi) is 9.63. The summed E-state index contributed by atoms with van der Waals surface area (Å²) in [7, 11) is 0. The molecule has 1 heterocycles. The van der Waals surface area contributed by atoms with Gasteiger partial charge >= 0.3 is 0 Å². The molecule has 0 bridgehead atoms. The standard InChI is InChI=1S/C13H24N4O.HI/c1-4-7-15-13(14)16-9-11-8-12(17-18-11)10(5-2)6-3;/h8,10H,4-7,9H2,1-3H3,(H3,14,15,16);1H. The van der Waals surface area contributed by atoms with Crippen LogP contribution in [0.15, 0.2) is 15.6 Å². The van der Waals surface area contributed by atoms with E-state index >= 15 is 0 Å². The number of halogens is 1. The Bertz CT molecular complexity index is 374. The third-order valence-corrected chi connectivity index (χ3v) is 2.94. The Morgan fingerprint density at radius 1 is 1.42 bits per heavy atom. The molecule has 5 nitrogen and oxygen atoms in total. The molecule has 3 N–H and O–H groups in total. The minimum atomic E-state index is 0. The van der Waals surface area contributed by atoms with E-state index in [1.807, 2.05) is 6.07 Å². The molecular weight excluding hydrogens is 355 g/mol. The minimum absolute atomic E-state index is 0. The van der Waals surface area contributed by atoms with Crippen molar-refractivity contribution in [3.05, 3.63) is 17.5 Å². The van der Waals surface area contributed by atoms with Crippen LogP contribution in [0.2, 0.25) is 0 Å². The number of hydrogen-bond acceptors (Lipinski definition) is 3. The van der Waals surface area contributed by atoms with E-state index < -0.39 is 0 Å². The Morgan fingerprint density at radius 2 is 2.11 bits per heavy atom. The highest BCUT2D eigenvalue weighted by Crippen LogP contribution is 2.22. The molecule has 0 aliphatic heterocycles. The SMILES string of the molecule is CCCNC(N)=NCc1cc(C(CC)CC)no1.I. The first-order valence-corrected chi connectivity index (χ1v) is 6.70. The van der Waals surface area contributed by atoms with Crippen molar-refractivity contribution < 1.29 is 4.52 Å². The van der Waals surface area contributed by atoms with Crippen molar-refractivity contribution >= 4 is 29.9 Å². The highest BCUT2D eigenvalue weighted by Gasteiger charge is 2.12. The van der Waals surface area contributed by atoms with Gasteiger partial charge in [0, 0.05) is 18.5 Å². The predicted octanol–water partition coefficient (Wildman–Crippen LogP) is 3.01. The Hall–Kier alpha value is -0.790. The molecule has 0 aliphatic carbocycles. The second-order valence-electron chi connectivity index (χ2n) is 4.36. The summed E-state index contributed by atoms with van der Waals surface area (Å²) in [6, 6.07) is 1.98. The summed E-state index contributed by atoms with van der Waals surface area (Å²) in [5.41, 5.74) is 6.72. The van der Waals surface area contributed by atoms with Crippen LogP contribution in [0.3, 0.4) is 0 Å². The number of guanidine groups is 1. The summed E-state index contributed by atoms with van der Waals surface area (Å²) < 4.78 is 5.26. The smallest absolute Gasteiger partial charge is 0.189 e. The van der Waals surface area contributed by atoms with Gasteiger partial charge in [0.15, 0.2) is 11.7 Å². The van der Waals surface area contributed by atoms with Gasteiger partial charge in [-0.1, -0.05) is 25.9 Å². The molecule has 0 radical (unpaired) electrons. The molecule has 1 aromatic rings. The summed E-state index contributed by atoms with van der Waals surface area (Å²) >= 11 is 0. The van der Waals surface area contributed by atoms with Crippen molar-refractivity contribution in [2.75, 3.05) is 6.54 Å². The van der Waals surface area contributed by atoms with Gasteiger partial charge in [0.05, 0.1) is 5.69 Å². The molecule has 0 aliphatic rings. The number of aromatic nitrogens is 1. The zero-order valence-corrected chi connectivity index (χ0v) is 14.3. The molecule has 0 atom stereocenters. The van der Waals surface area contributed by atoms with Crippen LogP contribution >= 0.6 is 24.0 Å². The van der Waals surface area contributed by atoms with Crippen molar-refractivity contribution in [3.8, 4) is 0 Å². The van der Waals surface area contributed by atoms with E-state index in [-0.39, 0.29) is 24.0 Å². The van der Waals surface area contributed by atoms with Crippen LogP contribution < -0.4 is 11.1 Å². The molecule has 19 heavy (non-hydrogen) atoms. The average Bonchev–Trinajstić information content (AvgIpc) is 2.84. The lowest BCUT2D eigenvalue weighted by atomic mass is 9.99. The Morgan fingerprint density at radius 3 is 2.68 bits per heavy atom. The van der Waals surface area contributed by atoms with Crippen LogP contribution in [0.1, 0.15) is 57.4 Å². The van der Waals surface area contributed by atoms with E-state index in [1.54, 1.807) is 0 Å². The summed E-state index contributed by atoms with van der Waals surface area (Å²) in [6.45, 7) is 7.68. The number of hydrogen-bond donors (Lipinski definition) is 2. The van der Waals surface area contributed by atoms with Gasteiger partial charge in [-0.05, 0) is 19.3 Å². The number of nitrogens with one attached hydrogen (secondary N) is 1. The number of nitrogens with two attached hydrogens (primary N) is 1. The quantitative estimate of drug-likeness (QED) is 0.433. The maximum atomic E-state index is 5.70. The van der Waals surface area contributed by atoms with E-state index in [9.17, 15) is 0 Å². The van der Waals surface area contributed by atoms with Crippen molar-refractivity contribution in [1.82, 2.24) is 10.5 Å². The third kappa shape index (κ3) is 6.26. The zero-order valence-electron chi connectivity index (χ0n) is 12.0. The van der Waals surface area contributed by atoms with Crippen LogP contribution in [-0.4, -0.2) is 17.7 Å². The Labute approximate surface area is 132 Å². The van der Waals surface area contributed by atoms with Gasteiger partial charge in [0.25, 0.3) is 0 Å². The van der Waals surface area contributed by atoms with Crippen LogP contribution in [-0.2, 0) is 6.54 Å². The molecule has 0 saturated heterocycles. The molecule has 6 heteroatoms. The largest absolute Gasteiger partial charge is 0.370 e. The summed E-state index contributed by atoms with van der Waals surface area (Å²) in [4.78, 5) is 4.21. The van der Waals surface area contributed by atoms with Crippen molar-refractivity contribution in [2.45, 2.75) is 52.5 Å². The van der Waals surface area contributed by atoms with E-state index in [1.165, 1.54) is 0 Å². The Balaban J connectivity index is 0.00000324. The first-order valence-electron chi connectivity index (χ1n) is 6.70. The van der Waals surface area contributed by atoms with Crippen molar-refractivity contribution in [1.29, 1.82) is 0 Å². The molecule has 0 fully saturated rings. The first-order chi connectivity index (χ1) is 8.71. The zero-order chi connectivity index (χ0) is 13.4. The molecule has 0 amide bonds. The summed E-state index contributed by atoms with van der Waals surface area (Å²) in [6.07, 6.45) is 3.18. The first kappa shape index (κ1) is 18.2. The van der Waals surface area contributed by atoms with Crippen molar-refractivity contribution in [2.24, 2.45) is 10.7 Å². The van der Waals surface area contributed by atoms with Crippen LogP contribution in [0, 0.1) is 0 Å². The van der Waals surface area contributed by atoms with Gasteiger partial charge in [-0.2, -0.15) is 0 Å². The highest BCUT2D eigenvalue weighted by atomic mass is 127. The van der Waals surface area contributed by atoms with E-state index in [0.717, 1.165) is 37.3 Å². The van der Waals surface area contributed by atoms with Gasteiger partial charge < -0.3 is 15.6 Å². The molecule has 110 valence electrons. The second kappa shape index (κ2) is 10.1. The second-order valence-corrected chi connectivity index (χ2v) is 4.36. The molecule has 0 unspecified atom stereocenters. The number of rotatable bonds is 7. The van der Waals surface area contributed by atoms with Gasteiger partial charge in [0.1, 0.15) is 6.54 Å². The highest BCUT2D eigenvalue weighted by molar-refractivity contribution is 14.0. The molecule has 1 rings (SSSR count). The lowest BCUT2D eigenvalue weighted by Crippen LogP contribution is -2.32. The predicted molar refractivity (Wildman–Crippen MR) is 88.9 cm³/mol. The van der Waals surface area contributed by atoms with Gasteiger partial charge in [-0.3, -0.25) is 0 Å². The molecule has 1 aromatic heterocycles. The van der Waals surface area contributed by atoms with Crippen LogP contribution in [0.4, 0.5) is 0 Å². The molecule has 0 spiro atoms. The molecule has 0 saturated carbocycles. The molecular formula is C13H25IN4O. The van der Waals surface area contributed by atoms with Crippen molar-refractivity contribution in [3.63, 3.8) is 0 Å². The minimum Gasteiger partial charge on any atom is -0.370 e.